The Morgan fingerprint density at radius 3 is 2.41 bits per heavy atom. The van der Waals surface area contributed by atoms with E-state index < -0.39 is 16.7 Å². The first-order valence-electron chi connectivity index (χ1n) is 7.93. The molecular formula is C19H11BrN2O5. The van der Waals surface area contributed by atoms with Crippen molar-refractivity contribution in [3.63, 3.8) is 0 Å². The standard InChI is InChI=1S/C19H11BrN2O5/c20-12-8-14-16(22(25)26)7-6-13-17(14)15(9-12)19(24)21(18(13)23)27-10-11-4-2-1-3-5-11/h1-9H,10H2. The second kappa shape index (κ2) is 6.57. The summed E-state index contributed by atoms with van der Waals surface area (Å²) in [6.07, 6.45) is 0. The van der Waals surface area contributed by atoms with Gasteiger partial charge in [-0.05, 0) is 23.8 Å². The maximum atomic E-state index is 12.9. The Morgan fingerprint density at radius 2 is 1.70 bits per heavy atom. The van der Waals surface area contributed by atoms with Crippen molar-refractivity contribution in [3.8, 4) is 0 Å². The molecule has 0 radical (unpaired) electrons. The molecule has 3 aromatic rings. The lowest BCUT2D eigenvalue weighted by molar-refractivity contribution is -0.383. The van der Waals surface area contributed by atoms with Gasteiger partial charge in [0.05, 0.1) is 21.4 Å². The first-order valence-corrected chi connectivity index (χ1v) is 8.73. The fourth-order valence-electron chi connectivity index (χ4n) is 3.08. The van der Waals surface area contributed by atoms with Crippen molar-refractivity contribution in [3.05, 3.63) is 85.9 Å². The molecule has 0 atom stereocenters. The Hall–Kier alpha value is -3.10. The normalized spacial score (nSPS) is 13.3. The van der Waals surface area contributed by atoms with E-state index in [1.807, 2.05) is 30.3 Å². The van der Waals surface area contributed by atoms with Crippen LogP contribution in [0, 0.1) is 10.1 Å². The van der Waals surface area contributed by atoms with Gasteiger partial charge >= 0.3 is 0 Å². The van der Waals surface area contributed by atoms with E-state index in [0.29, 0.717) is 9.54 Å². The SMILES string of the molecule is O=C1c2ccc([N+](=O)[O-])c3cc(Br)cc(c23)C(=O)N1OCc1ccccc1. The summed E-state index contributed by atoms with van der Waals surface area (Å²) in [5, 5.41) is 12.5. The minimum Gasteiger partial charge on any atom is -0.266 e. The molecule has 0 fully saturated rings. The maximum Gasteiger partial charge on any atom is 0.285 e. The van der Waals surface area contributed by atoms with Gasteiger partial charge in [0, 0.05) is 15.9 Å². The van der Waals surface area contributed by atoms with Crippen LogP contribution in [0.2, 0.25) is 0 Å². The van der Waals surface area contributed by atoms with E-state index in [0.717, 1.165) is 5.56 Å². The zero-order chi connectivity index (χ0) is 19.1. The monoisotopic (exact) mass is 426 g/mol. The number of hydroxylamine groups is 2. The second-order valence-corrected chi connectivity index (χ2v) is 6.84. The summed E-state index contributed by atoms with van der Waals surface area (Å²) < 4.78 is 0.496. The molecule has 0 aliphatic carbocycles. The molecule has 1 aliphatic rings. The Bertz CT molecular complexity index is 1110. The predicted molar refractivity (Wildman–Crippen MR) is 100 cm³/mol. The molecule has 0 spiro atoms. The number of hydrogen-bond acceptors (Lipinski definition) is 5. The number of hydrogen-bond donors (Lipinski definition) is 0. The van der Waals surface area contributed by atoms with Gasteiger partial charge in [-0.15, -0.1) is 5.06 Å². The van der Waals surface area contributed by atoms with Crippen molar-refractivity contribution < 1.29 is 19.3 Å². The summed E-state index contributed by atoms with van der Waals surface area (Å²) in [5.74, 6) is -1.30. The smallest absolute Gasteiger partial charge is 0.266 e. The van der Waals surface area contributed by atoms with E-state index in [2.05, 4.69) is 15.9 Å². The Kier molecular flexibility index (Phi) is 4.21. The fraction of sp³-hybridized carbons (Fsp3) is 0.0526. The molecule has 0 unspecified atom stereocenters. The van der Waals surface area contributed by atoms with Crippen LogP contribution in [0.25, 0.3) is 10.8 Å². The van der Waals surface area contributed by atoms with Crippen molar-refractivity contribution in [1.29, 1.82) is 0 Å². The minimum absolute atomic E-state index is 0.0395. The van der Waals surface area contributed by atoms with E-state index in [9.17, 15) is 19.7 Å². The van der Waals surface area contributed by atoms with Crippen molar-refractivity contribution in [1.82, 2.24) is 5.06 Å². The molecule has 7 nitrogen and oxygen atoms in total. The molecule has 0 N–H and O–H groups in total. The van der Waals surface area contributed by atoms with Crippen molar-refractivity contribution in [2.24, 2.45) is 0 Å². The molecule has 0 bridgehead atoms. The third kappa shape index (κ3) is 2.88. The summed E-state index contributed by atoms with van der Waals surface area (Å²) >= 11 is 3.28. The summed E-state index contributed by atoms with van der Waals surface area (Å²) in [6.45, 7) is 0.0395. The molecule has 0 saturated heterocycles. The van der Waals surface area contributed by atoms with Crippen LogP contribution in [0.1, 0.15) is 26.3 Å². The highest BCUT2D eigenvalue weighted by molar-refractivity contribution is 9.10. The van der Waals surface area contributed by atoms with E-state index in [4.69, 9.17) is 4.84 Å². The Morgan fingerprint density at radius 1 is 1.00 bits per heavy atom. The number of carbonyl (C=O) groups excluding carboxylic acids is 2. The number of nitrogens with zero attached hydrogens (tertiary/aromatic N) is 2. The van der Waals surface area contributed by atoms with E-state index in [1.54, 1.807) is 0 Å². The van der Waals surface area contributed by atoms with E-state index in [-0.39, 0.29) is 34.2 Å². The van der Waals surface area contributed by atoms with Gasteiger partial charge in [-0.1, -0.05) is 46.3 Å². The largest absolute Gasteiger partial charge is 0.285 e. The van der Waals surface area contributed by atoms with Gasteiger partial charge in [-0.3, -0.25) is 24.5 Å². The molecule has 0 saturated carbocycles. The van der Waals surface area contributed by atoms with Gasteiger partial charge in [0.15, 0.2) is 0 Å². The summed E-state index contributed by atoms with van der Waals surface area (Å²) in [6, 6.07) is 14.8. The average Bonchev–Trinajstić information content (AvgIpc) is 2.66. The van der Waals surface area contributed by atoms with Crippen LogP contribution in [0.5, 0.6) is 0 Å². The molecule has 27 heavy (non-hydrogen) atoms. The van der Waals surface area contributed by atoms with Gasteiger partial charge in [0.1, 0.15) is 6.61 Å². The predicted octanol–water partition coefficient (Wildman–Crippen LogP) is 4.24. The van der Waals surface area contributed by atoms with Gasteiger partial charge in [0.25, 0.3) is 17.5 Å². The number of carbonyl (C=O) groups is 2. The Balaban J connectivity index is 1.81. The molecule has 1 heterocycles. The van der Waals surface area contributed by atoms with Gasteiger partial charge in [-0.25, -0.2) is 0 Å². The maximum absolute atomic E-state index is 12.9. The van der Waals surface area contributed by atoms with Gasteiger partial charge < -0.3 is 0 Å². The van der Waals surface area contributed by atoms with Crippen LogP contribution >= 0.6 is 15.9 Å². The number of nitro benzene ring substituents is 1. The summed E-state index contributed by atoms with van der Waals surface area (Å²) in [4.78, 5) is 41.9. The lowest BCUT2D eigenvalue weighted by Gasteiger charge is -2.26. The lowest BCUT2D eigenvalue weighted by Crippen LogP contribution is -2.40. The highest BCUT2D eigenvalue weighted by Crippen LogP contribution is 2.37. The third-order valence-electron chi connectivity index (χ3n) is 4.29. The quantitative estimate of drug-likeness (QED) is 0.353. The first-order chi connectivity index (χ1) is 13.0. The summed E-state index contributed by atoms with van der Waals surface area (Å²) in [7, 11) is 0. The number of nitro groups is 1. The van der Waals surface area contributed by atoms with Crippen LogP contribution < -0.4 is 0 Å². The zero-order valence-corrected chi connectivity index (χ0v) is 15.3. The van der Waals surface area contributed by atoms with Gasteiger partial charge in [-0.2, -0.15) is 0 Å². The average molecular weight is 427 g/mol. The van der Waals surface area contributed by atoms with Crippen LogP contribution in [-0.4, -0.2) is 21.8 Å². The topological polar surface area (TPSA) is 89.8 Å². The number of amides is 2. The first kappa shape index (κ1) is 17.3. The number of imide groups is 1. The molecule has 3 aromatic carbocycles. The van der Waals surface area contributed by atoms with Crippen LogP contribution in [-0.2, 0) is 11.4 Å². The highest BCUT2D eigenvalue weighted by atomic mass is 79.9. The molecule has 134 valence electrons. The molecule has 2 amide bonds. The molecular weight excluding hydrogens is 416 g/mol. The van der Waals surface area contributed by atoms with Crippen LogP contribution in [0.3, 0.4) is 0 Å². The molecule has 8 heteroatoms. The van der Waals surface area contributed by atoms with Crippen molar-refractivity contribution in [2.75, 3.05) is 0 Å². The fourth-order valence-corrected chi connectivity index (χ4v) is 3.54. The van der Waals surface area contributed by atoms with Crippen LogP contribution in [0.15, 0.2) is 59.1 Å². The van der Waals surface area contributed by atoms with Crippen molar-refractivity contribution >= 4 is 44.2 Å². The number of non-ortho nitro benzene ring substituents is 1. The lowest BCUT2D eigenvalue weighted by atomic mass is 9.94. The van der Waals surface area contributed by atoms with E-state index >= 15 is 0 Å². The summed E-state index contributed by atoms with van der Waals surface area (Å²) in [5.41, 5.74) is 0.985. The minimum atomic E-state index is -0.657. The van der Waals surface area contributed by atoms with Gasteiger partial charge in [0.2, 0.25) is 0 Å². The zero-order valence-electron chi connectivity index (χ0n) is 13.7. The highest BCUT2D eigenvalue weighted by Gasteiger charge is 2.36. The van der Waals surface area contributed by atoms with E-state index in [1.165, 1.54) is 24.3 Å². The number of halogens is 1. The second-order valence-electron chi connectivity index (χ2n) is 5.93. The molecule has 1 aliphatic heterocycles. The van der Waals surface area contributed by atoms with Crippen LogP contribution in [0.4, 0.5) is 5.69 Å². The van der Waals surface area contributed by atoms with Crippen molar-refractivity contribution in [2.45, 2.75) is 6.61 Å². The Labute approximate surface area is 161 Å². The third-order valence-corrected chi connectivity index (χ3v) is 4.74. The molecule has 4 rings (SSSR count). The number of rotatable bonds is 4. The number of benzene rings is 3. The molecule has 0 aromatic heterocycles.